The fraction of sp³-hybridized carbons (Fsp3) is 0.143. The molecule has 0 fully saturated rings. The topological polar surface area (TPSA) is 51.0 Å². The number of hydrogen-bond donors (Lipinski definition) is 1. The summed E-state index contributed by atoms with van der Waals surface area (Å²) < 4.78 is 6.37. The summed E-state index contributed by atoms with van der Waals surface area (Å²) in [6.07, 6.45) is 0. The first-order chi connectivity index (χ1) is 9.72. The number of nitrogens with one attached hydrogen (secondary N) is 1. The Hall–Kier alpha value is -1.66. The smallest absolute Gasteiger partial charge is 0.260 e. The van der Waals surface area contributed by atoms with Gasteiger partial charge < -0.3 is 9.84 Å². The lowest BCUT2D eigenvalue weighted by molar-refractivity contribution is 0.426. The first-order valence-electron chi connectivity index (χ1n) is 6.09. The number of halogens is 1. The van der Waals surface area contributed by atoms with E-state index in [1.54, 1.807) is 11.3 Å². The molecule has 0 unspecified atom stereocenters. The van der Waals surface area contributed by atoms with Crippen LogP contribution in [-0.2, 0) is 6.54 Å². The van der Waals surface area contributed by atoms with E-state index >= 15 is 0 Å². The third kappa shape index (κ3) is 2.91. The molecule has 0 bridgehead atoms. The number of nitrogens with zero attached hydrogens (tertiary/aromatic N) is 2. The molecule has 0 saturated carbocycles. The second-order valence-corrected chi connectivity index (χ2v) is 6.60. The van der Waals surface area contributed by atoms with E-state index in [0.717, 1.165) is 21.6 Å². The van der Waals surface area contributed by atoms with E-state index in [4.69, 9.17) is 4.52 Å². The fourth-order valence-electron chi connectivity index (χ4n) is 1.87. The van der Waals surface area contributed by atoms with Crippen LogP contribution in [0.2, 0.25) is 0 Å². The van der Waals surface area contributed by atoms with Crippen LogP contribution in [0.1, 0.15) is 11.4 Å². The van der Waals surface area contributed by atoms with Crippen molar-refractivity contribution in [3.05, 3.63) is 50.9 Å². The summed E-state index contributed by atoms with van der Waals surface area (Å²) >= 11 is 5.15. The Morgan fingerprint density at radius 1 is 1.35 bits per heavy atom. The molecular weight excluding hydrogens is 338 g/mol. The zero-order valence-corrected chi connectivity index (χ0v) is 13.2. The van der Waals surface area contributed by atoms with Crippen LogP contribution in [-0.4, -0.2) is 10.1 Å². The van der Waals surface area contributed by atoms with E-state index in [1.165, 1.54) is 5.56 Å². The standard InChI is InChI=1S/C14H12BrN3OS/c1-9-17-14(19-18-9)11-4-2-3-5-12(11)16-7-10-6-13(15)20-8-10/h2-6,8,16H,7H2,1H3. The molecule has 102 valence electrons. The molecule has 0 aliphatic heterocycles. The van der Waals surface area contributed by atoms with Crippen LogP contribution in [0.5, 0.6) is 0 Å². The number of hydrogen-bond acceptors (Lipinski definition) is 5. The number of aromatic nitrogens is 2. The largest absolute Gasteiger partial charge is 0.380 e. The number of thiophene rings is 1. The average Bonchev–Trinajstić information content (AvgIpc) is 3.06. The third-order valence-electron chi connectivity index (χ3n) is 2.79. The van der Waals surface area contributed by atoms with Gasteiger partial charge in [0, 0.05) is 12.2 Å². The molecule has 0 amide bonds. The highest BCUT2D eigenvalue weighted by atomic mass is 79.9. The van der Waals surface area contributed by atoms with Gasteiger partial charge in [0.2, 0.25) is 0 Å². The van der Waals surface area contributed by atoms with Crippen LogP contribution < -0.4 is 5.32 Å². The number of rotatable bonds is 4. The molecule has 20 heavy (non-hydrogen) atoms. The van der Waals surface area contributed by atoms with Gasteiger partial charge >= 0.3 is 0 Å². The van der Waals surface area contributed by atoms with E-state index in [-0.39, 0.29) is 0 Å². The average molecular weight is 350 g/mol. The second kappa shape index (κ2) is 5.76. The molecule has 1 N–H and O–H groups in total. The molecule has 0 saturated heterocycles. The maximum absolute atomic E-state index is 5.24. The number of aryl methyl sites for hydroxylation is 1. The van der Waals surface area contributed by atoms with E-state index in [9.17, 15) is 0 Å². The Labute approximate surface area is 129 Å². The molecule has 2 aromatic heterocycles. The van der Waals surface area contributed by atoms with Gasteiger partial charge in [-0.05, 0) is 52.0 Å². The van der Waals surface area contributed by atoms with E-state index in [2.05, 4.69) is 42.8 Å². The van der Waals surface area contributed by atoms with Gasteiger partial charge in [0.25, 0.3) is 5.89 Å². The van der Waals surface area contributed by atoms with Crippen molar-refractivity contribution in [2.75, 3.05) is 5.32 Å². The highest BCUT2D eigenvalue weighted by molar-refractivity contribution is 9.11. The minimum absolute atomic E-state index is 0.539. The van der Waals surface area contributed by atoms with Crippen LogP contribution in [0.25, 0.3) is 11.5 Å². The maximum atomic E-state index is 5.24. The lowest BCUT2D eigenvalue weighted by Gasteiger charge is -2.08. The van der Waals surface area contributed by atoms with E-state index in [0.29, 0.717) is 11.7 Å². The minimum Gasteiger partial charge on any atom is -0.380 e. The highest BCUT2D eigenvalue weighted by Gasteiger charge is 2.11. The Morgan fingerprint density at radius 3 is 2.90 bits per heavy atom. The summed E-state index contributed by atoms with van der Waals surface area (Å²) in [7, 11) is 0. The third-order valence-corrected chi connectivity index (χ3v) is 4.34. The van der Waals surface area contributed by atoms with E-state index < -0.39 is 0 Å². The lowest BCUT2D eigenvalue weighted by Crippen LogP contribution is -1.99. The molecule has 0 aliphatic carbocycles. The summed E-state index contributed by atoms with van der Waals surface area (Å²) in [5, 5.41) is 9.37. The lowest BCUT2D eigenvalue weighted by atomic mass is 10.1. The summed E-state index contributed by atoms with van der Waals surface area (Å²) in [5.74, 6) is 1.17. The SMILES string of the molecule is Cc1noc(-c2ccccc2NCc2csc(Br)c2)n1. The van der Waals surface area contributed by atoms with Crippen molar-refractivity contribution in [2.24, 2.45) is 0 Å². The molecular formula is C14H12BrN3OS. The van der Waals surface area contributed by atoms with Crippen molar-refractivity contribution in [3.63, 3.8) is 0 Å². The molecule has 2 heterocycles. The summed E-state index contributed by atoms with van der Waals surface area (Å²) in [6, 6.07) is 10.0. The van der Waals surface area contributed by atoms with Crippen molar-refractivity contribution >= 4 is 33.0 Å². The van der Waals surface area contributed by atoms with Gasteiger partial charge in [-0.2, -0.15) is 4.98 Å². The van der Waals surface area contributed by atoms with Crippen LogP contribution in [0.15, 0.2) is 44.0 Å². The molecule has 4 nitrogen and oxygen atoms in total. The molecule has 0 radical (unpaired) electrons. The van der Waals surface area contributed by atoms with Crippen molar-refractivity contribution in [3.8, 4) is 11.5 Å². The van der Waals surface area contributed by atoms with Crippen molar-refractivity contribution in [1.82, 2.24) is 10.1 Å². The Balaban J connectivity index is 1.83. The highest BCUT2D eigenvalue weighted by Crippen LogP contribution is 2.27. The number of para-hydroxylation sites is 1. The molecule has 3 aromatic rings. The summed E-state index contributed by atoms with van der Waals surface area (Å²) in [4.78, 5) is 4.28. The summed E-state index contributed by atoms with van der Waals surface area (Å²) in [5.41, 5.74) is 3.14. The number of anilines is 1. The Kier molecular flexibility index (Phi) is 3.84. The first-order valence-corrected chi connectivity index (χ1v) is 7.76. The van der Waals surface area contributed by atoms with Gasteiger partial charge in [0.15, 0.2) is 5.82 Å². The normalized spacial score (nSPS) is 10.7. The molecule has 6 heteroatoms. The number of benzene rings is 1. The predicted octanol–water partition coefficient (Wildman–Crippen LogP) is 4.48. The maximum Gasteiger partial charge on any atom is 0.260 e. The van der Waals surface area contributed by atoms with Gasteiger partial charge in [-0.3, -0.25) is 0 Å². The van der Waals surface area contributed by atoms with Crippen LogP contribution in [0, 0.1) is 6.92 Å². The zero-order valence-electron chi connectivity index (χ0n) is 10.8. The second-order valence-electron chi connectivity index (χ2n) is 4.30. The van der Waals surface area contributed by atoms with Gasteiger partial charge in [0.05, 0.1) is 9.35 Å². The van der Waals surface area contributed by atoms with Gasteiger partial charge in [-0.1, -0.05) is 17.3 Å². The molecule has 0 spiro atoms. The van der Waals surface area contributed by atoms with Crippen LogP contribution >= 0.6 is 27.3 Å². The minimum atomic E-state index is 0.539. The quantitative estimate of drug-likeness (QED) is 0.754. The van der Waals surface area contributed by atoms with E-state index in [1.807, 2.05) is 31.2 Å². The van der Waals surface area contributed by atoms with Crippen LogP contribution in [0.4, 0.5) is 5.69 Å². The zero-order chi connectivity index (χ0) is 13.9. The van der Waals surface area contributed by atoms with Crippen molar-refractivity contribution in [1.29, 1.82) is 0 Å². The monoisotopic (exact) mass is 349 g/mol. The molecule has 0 atom stereocenters. The predicted molar refractivity (Wildman–Crippen MR) is 83.8 cm³/mol. The Bertz CT molecular complexity index is 723. The van der Waals surface area contributed by atoms with Crippen molar-refractivity contribution in [2.45, 2.75) is 13.5 Å². The molecule has 0 aliphatic rings. The fourth-order valence-corrected chi connectivity index (χ4v) is 3.08. The van der Waals surface area contributed by atoms with Crippen LogP contribution in [0.3, 0.4) is 0 Å². The molecule has 1 aromatic carbocycles. The van der Waals surface area contributed by atoms with Gasteiger partial charge in [0.1, 0.15) is 0 Å². The van der Waals surface area contributed by atoms with Gasteiger partial charge in [-0.25, -0.2) is 0 Å². The summed E-state index contributed by atoms with van der Waals surface area (Å²) in [6.45, 7) is 2.57. The van der Waals surface area contributed by atoms with Gasteiger partial charge in [-0.15, -0.1) is 11.3 Å². The first kappa shape index (κ1) is 13.3. The molecule has 3 rings (SSSR count). The Morgan fingerprint density at radius 2 is 2.20 bits per heavy atom. The van der Waals surface area contributed by atoms with Crippen molar-refractivity contribution < 1.29 is 4.52 Å².